The van der Waals surface area contributed by atoms with Crippen molar-refractivity contribution in [2.24, 2.45) is 0 Å². The van der Waals surface area contributed by atoms with Crippen molar-refractivity contribution in [3.8, 4) is 6.07 Å². The molecule has 1 atom stereocenters. The molecule has 1 aromatic heterocycles. The van der Waals surface area contributed by atoms with Crippen LogP contribution in [-0.2, 0) is 6.42 Å². The Labute approximate surface area is 129 Å². The number of alkyl halides is 1. The summed E-state index contributed by atoms with van der Waals surface area (Å²) < 4.78 is 2.31. The van der Waals surface area contributed by atoms with E-state index in [1.54, 1.807) is 0 Å². The number of halogens is 1. The summed E-state index contributed by atoms with van der Waals surface area (Å²) in [6.07, 6.45) is 3.09. The van der Waals surface area contributed by atoms with Gasteiger partial charge in [0.1, 0.15) is 17.4 Å². The molecule has 1 aliphatic heterocycles. The fraction of sp³-hybridized carbons (Fsp3) is 0.500. The Balaban J connectivity index is 2.14. The minimum Gasteiger partial charge on any atom is -0.323 e. The highest BCUT2D eigenvalue weighted by Gasteiger charge is 2.24. The van der Waals surface area contributed by atoms with Crippen molar-refractivity contribution in [3.63, 3.8) is 0 Å². The predicted molar refractivity (Wildman–Crippen MR) is 84.6 cm³/mol. The van der Waals surface area contributed by atoms with E-state index in [0.29, 0.717) is 17.5 Å². The van der Waals surface area contributed by atoms with Gasteiger partial charge in [0.05, 0.1) is 11.1 Å². The molecule has 21 heavy (non-hydrogen) atoms. The van der Waals surface area contributed by atoms with Gasteiger partial charge in [-0.05, 0) is 38.6 Å². The van der Waals surface area contributed by atoms with Crippen molar-refractivity contribution < 1.29 is 0 Å². The van der Waals surface area contributed by atoms with E-state index in [0.717, 1.165) is 42.8 Å². The van der Waals surface area contributed by atoms with Crippen LogP contribution in [0, 0.1) is 11.3 Å². The predicted octanol–water partition coefficient (Wildman–Crippen LogP) is 2.96. The summed E-state index contributed by atoms with van der Waals surface area (Å²) in [5.41, 5.74) is 2.52. The number of aryl methyl sites for hydroxylation is 1. The van der Waals surface area contributed by atoms with Crippen molar-refractivity contribution in [1.82, 2.24) is 14.5 Å². The monoisotopic (exact) mass is 302 g/mol. The number of imidazole rings is 1. The van der Waals surface area contributed by atoms with Crippen LogP contribution < -0.4 is 0 Å². The van der Waals surface area contributed by atoms with Gasteiger partial charge in [0.15, 0.2) is 0 Å². The maximum Gasteiger partial charge on any atom is 0.111 e. The number of likely N-dealkylation sites (tertiary alicyclic amines) is 1. The summed E-state index contributed by atoms with van der Waals surface area (Å²) in [5.74, 6) is 1.55. The van der Waals surface area contributed by atoms with Gasteiger partial charge in [-0.1, -0.05) is 6.07 Å². The Morgan fingerprint density at radius 3 is 3.05 bits per heavy atom. The number of hydrogen-bond acceptors (Lipinski definition) is 3. The molecule has 0 amide bonds. The first-order valence-corrected chi connectivity index (χ1v) is 7.92. The van der Waals surface area contributed by atoms with Crippen LogP contribution in [0.15, 0.2) is 18.2 Å². The zero-order valence-electron chi connectivity index (χ0n) is 12.2. The van der Waals surface area contributed by atoms with Crippen molar-refractivity contribution in [2.75, 3.05) is 26.0 Å². The highest BCUT2D eigenvalue weighted by molar-refractivity contribution is 6.17. The zero-order valence-corrected chi connectivity index (χ0v) is 13.0. The Kier molecular flexibility index (Phi) is 4.14. The third-order valence-corrected chi connectivity index (χ3v) is 4.39. The summed E-state index contributed by atoms with van der Waals surface area (Å²) in [6.45, 7) is 2.18. The molecule has 4 nitrogen and oxygen atoms in total. The number of benzene rings is 1. The van der Waals surface area contributed by atoms with Gasteiger partial charge < -0.3 is 9.47 Å². The lowest BCUT2D eigenvalue weighted by molar-refractivity contribution is 0.212. The smallest absolute Gasteiger partial charge is 0.111 e. The minimum atomic E-state index is 0.418. The van der Waals surface area contributed by atoms with Gasteiger partial charge in [-0.25, -0.2) is 4.98 Å². The maximum atomic E-state index is 9.28. The summed E-state index contributed by atoms with van der Waals surface area (Å²) in [4.78, 5) is 7.07. The lowest BCUT2D eigenvalue weighted by Crippen LogP contribution is -2.34. The molecule has 0 N–H and O–H groups in total. The molecule has 1 aliphatic rings. The van der Waals surface area contributed by atoms with E-state index in [1.165, 1.54) is 6.42 Å². The number of nitrogens with zero attached hydrogens (tertiary/aromatic N) is 4. The second-order valence-electron chi connectivity index (χ2n) is 5.68. The SMILES string of the molecule is CN1CCCC(n2c(CCCl)nc3c(C#N)cccc32)C1. The topological polar surface area (TPSA) is 44.9 Å². The highest BCUT2D eigenvalue weighted by Crippen LogP contribution is 2.29. The Morgan fingerprint density at radius 2 is 2.33 bits per heavy atom. The molecular weight excluding hydrogens is 284 g/mol. The number of likely N-dealkylation sites (N-methyl/N-ethyl adjacent to an activating group) is 1. The van der Waals surface area contributed by atoms with Gasteiger partial charge >= 0.3 is 0 Å². The number of rotatable bonds is 3. The average Bonchev–Trinajstić information content (AvgIpc) is 2.85. The third-order valence-electron chi connectivity index (χ3n) is 4.20. The van der Waals surface area contributed by atoms with Gasteiger partial charge in [0, 0.05) is 24.9 Å². The fourth-order valence-electron chi connectivity index (χ4n) is 3.27. The number of nitriles is 1. The van der Waals surface area contributed by atoms with E-state index < -0.39 is 0 Å². The Morgan fingerprint density at radius 1 is 1.48 bits per heavy atom. The van der Waals surface area contributed by atoms with Crippen molar-refractivity contribution in [2.45, 2.75) is 25.3 Å². The second-order valence-corrected chi connectivity index (χ2v) is 6.06. The summed E-state index contributed by atoms with van der Waals surface area (Å²) in [7, 11) is 2.16. The first-order chi connectivity index (χ1) is 10.2. The molecule has 1 fully saturated rings. The highest BCUT2D eigenvalue weighted by atomic mass is 35.5. The van der Waals surface area contributed by atoms with Crippen molar-refractivity contribution >= 4 is 22.6 Å². The van der Waals surface area contributed by atoms with E-state index in [1.807, 2.05) is 12.1 Å². The molecule has 0 spiro atoms. The van der Waals surface area contributed by atoms with E-state index in [9.17, 15) is 5.26 Å². The van der Waals surface area contributed by atoms with Crippen LogP contribution >= 0.6 is 11.6 Å². The fourth-order valence-corrected chi connectivity index (χ4v) is 3.44. The number of para-hydroxylation sites is 1. The normalized spacial score (nSPS) is 19.8. The average molecular weight is 303 g/mol. The lowest BCUT2D eigenvalue weighted by atomic mass is 10.1. The maximum absolute atomic E-state index is 9.28. The number of piperidine rings is 1. The molecule has 2 heterocycles. The van der Waals surface area contributed by atoms with Gasteiger partial charge in [-0.15, -0.1) is 11.6 Å². The Hall–Kier alpha value is -1.57. The number of hydrogen-bond donors (Lipinski definition) is 0. The third kappa shape index (κ3) is 2.64. The number of aromatic nitrogens is 2. The van der Waals surface area contributed by atoms with Crippen LogP contribution in [0.1, 0.15) is 30.3 Å². The van der Waals surface area contributed by atoms with Crippen LogP contribution in [-0.4, -0.2) is 40.5 Å². The molecule has 1 unspecified atom stereocenters. The molecule has 0 bridgehead atoms. The lowest BCUT2D eigenvalue weighted by Gasteiger charge is -2.32. The van der Waals surface area contributed by atoms with Gasteiger partial charge in [0.2, 0.25) is 0 Å². The zero-order chi connectivity index (χ0) is 14.8. The molecule has 1 saturated heterocycles. The minimum absolute atomic E-state index is 0.418. The summed E-state index contributed by atoms with van der Waals surface area (Å²) >= 11 is 5.95. The summed E-state index contributed by atoms with van der Waals surface area (Å²) in [5, 5.41) is 9.28. The number of fused-ring (bicyclic) bond motifs is 1. The molecular formula is C16H19ClN4. The second kappa shape index (κ2) is 6.05. The summed E-state index contributed by atoms with van der Waals surface area (Å²) in [6, 6.07) is 8.50. The largest absolute Gasteiger partial charge is 0.323 e. The molecule has 5 heteroatoms. The Bertz CT molecular complexity index is 685. The quantitative estimate of drug-likeness (QED) is 0.819. The molecule has 3 rings (SSSR count). The van der Waals surface area contributed by atoms with Crippen LogP contribution in [0.2, 0.25) is 0 Å². The van der Waals surface area contributed by atoms with Gasteiger partial charge in [-0.2, -0.15) is 5.26 Å². The van der Waals surface area contributed by atoms with Crippen LogP contribution in [0.3, 0.4) is 0 Å². The first kappa shape index (κ1) is 14.4. The van der Waals surface area contributed by atoms with Crippen molar-refractivity contribution in [3.05, 3.63) is 29.6 Å². The standard InChI is InChI=1S/C16H19ClN4/c1-20-9-3-5-13(11-20)21-14-6-2-4-12(10-18)16(14)19-15(21)7-8-17/h2,4,6,13H,3,5,7-9,11H2,1H3. The van der Waals surface area contributed by atoms with Gasteiger partial charge in [0.25, 0.3) is 0 Å². The molecule has 2 aromatic rings. The van der Waals surface area contributed by atoms with Crippen LogP contribution in [0.25, 0.3) is 11.0 Å². The van der Waals surface area contributed by atoms with Gasteiger partial charge in [-0.3, -0.25) is 0 Å². The molecule has 110 valence electrons. The van der Waals surface area contributed by atoms with Crippen LogP contribution in [0.5, 0.6) is 0 Å². The molecule has 0 saturated carbocycles. The molecule has 1 aromatic carbocycles. The van der Waals surface area contributed by atoms with Crippen molar-refractivity contribution in [1.29, 1.82) is 5.26 Å². The van der Waals surface area contributed by atoms with E-state index in [2.05, 4.69) is 28.7 Å². The van der Waals surface area contributed by atoms with Crippen LogP contribution in [0.4, 0.5) is 0 Å². The van der Waals surface area contributed by atoms with E-state index in [-0.39, 0.29) is 0 Å². The van der Waals surface area contributed by atoms with E-state index in [4.69, 9.17) is 16.6 Å². The first-order valence-electron chi connectivity index (χ1n) is 7.39. The molecule has 0 aliphatic carbocycles. The van der Waals surface area contributed by atoms with E-state index >= 15 is 0 Å². The molecule has 0 radical (unpaired) electrons.